The van der Waals surface area contributed by atoms with Crippen molar-refractivity contribution in [2.45, 2.75) is 6.42 Å². The number of carbonyl (C=O) groups excluding carboxylic acids is 1. The standard InChI is InChI=1S/C12H13ClN2O2/c1-3-6-9-7-4-5-8-10(9)14-15-11(13)12(16)17-2/h3-5,7-8,14H,1,6H2,2H3. The molecule has 1 N–H and O–H groups in total. The topological polar surface area (TPSA) is 50.7 Å². The number of anilines is 1. The highest BCUT2D eigenvalue weighted by atomic mass is 35.5. The average molecular weight is 253 g/mol. The molecular weight excluding hydrogens is 240 g/mol. The molecule has 17 heavy (non-hydrogen) atoms. The highest BCUT2D eigenvalue weighted by molar-refractivity contribution is 6.82. The number of para-hydroxylation sites is 1. The monoisotopic (exact) mass is 252 g/mol. The molecule has 0 spiro atoms. The zero-order valence-electron chi connectivity index (χ0n) is 9.44. The molecule has 0 aliphatic heterocycles. The summed E-state index contributed by atoms with van der Waals surface area (Å²) in [5, 5.41) is 3.48. The lowest BCUT2D eigenvalue weighted by Gasteiger charge is -2.06. The summed E-state index contributed by atoms with van der Waals surface area (Å²) in [5.74, 6) is -0.680. The summed E-state index contributed by atoms with van der Waals surface area (Å²) in [4.78, 5) is 11.0. The van der Waals surface area contributed by atoms with Crippen LogP contribution in [0.25, 0.3) is 0 Å². The van der Waals surface area contributed by atoms with Crippen LogP contribution in [0.3, 0.4) is 0 Å². The first-order valence-electron chi connectivity index (χ1n) is 4.95. The predicted molar refractivity (Wildman–Crippen MR) is 69.3 cm³/mol. The Hall–Kier alpha value is -1.81. The van der Waals surface area contributed by atoms with E-state index in [9.17, 15) is 4.79 Å². The van der Waals surface area contributed by atoms with Crippen LogP contribution in [0.4, 0.5) is 5.69 Å². The van der Waals surface area contributed by atoms with Gasteiger partial charge >= 0.3 is 5.97 Å². The van der Waals surface area contributed by atoms with Crippen LogP contribution in [0, 0.1) is 0 Å². The van der Waals surface area contributed by atoms with Crippen molar-refractivity contribution in [3.8, 4) is 0 Å². The van der Waals surface area contributed by atoms with E-state index < -0.39 is 5.97 Å². The molecule has 1 rings (SSSR count). The van der Waals surface area contributed by atoms with Crippen molar-refractivity contribution >= 4 is 28.4 Å². The molecule has 0 aliphatic rings. The molecule has 0 bridgehead atoms. The highest BCUT2D eigenvalue weighted by Gasteiger charge is 2.07. The van der Waals surface area contributed by atoms with E-state index in [-0.39, 0.29) is 5.17 Å². The van der Waals surface area contributed by atoms with Gasteiger partial charge in [0.25, 0.3) is 0 Å². The van der Waals surface area contributed by atoms with Crippen LogP contribution in [-0.2, 0) is 16.0 Å². The van der Waals surface area contributed by atoms with Crippen LogP contribution in [0.5, 0.6) is 0 Å². The van der Waals surface area contributed by atoms with E-state index in [1.54, 1.807) is 6.08 Å². The van der Waals surface area contributed by atoms with E-state index in [1.807, 2.05) is 24.3 Å². The molecule has 5 heteroatoms. The first-order chi connectivity index (χ1) is 8.19. The van der Waals surface area contributed by atoms with Crippen molar-refractivity contribution in [1.82, 2.24) is 0 Å². The number of allylic oxidation sites excluding steroid dienone is 1. The summed E-state index contributed by atoms with van der Waals surface area (Å²) in [6.07, 6.45) is 2.49. The Morgan fingerprint density at radius 3 is 2.94 bits per heavy atom. The number of esters is 1. The molecule has 0 radical (unpaired) electrons. The van der Waals surface area contributed by atoms with Gasteiger partial charge in [0, 0.05) is 0 Å². The SMILES string of the molecule is C=CCc1ccccc1NN=C(Cl)C(=O)OC. The van der Waals surface area contributed by atoms with Gasteiger partial charge in [0.15, 0.2) is 0 Å². The molecule has 1 aromatic rings. The highest BCUT2D eigenvalue weighted by Crippen LogP contribution is 2.16. The third-order valence-electron chi connectivity index (χ3n) is 2.01. The van der Waals surface area contributed by atoms with Crippen molar-refractivity contribution < 1.29 is 9.53 Å². The summed E-state index contributed by atoms with van der Waals surface area (Å²) < 4.78 is 4.42. The molecule has 0 heterocycles. The molecule has 0 aliphatic carbocycles. The number of hydrogen-bond acceptors (Lipinski definition) is 4. The minimum Gasteiger partial charge on any atom is -0.464 e. The van der Waals surface area contributed by atoms with Gasteiger partial charge in [-0.2, -0.15) is 5.10 Å². The van der Waals surface area contributed by atoms with E-state index in [0.717, 1.165) is 11.3 Å². The van der Waals surface area contributed by atoms with Gasteiger partial charge in [-0.1, -0.05) is 35.9 Å². The van der Waals surface area contributed by atoms with Gasteiger partial charge in [0.1, 0.15) is 0 Å². The van der Waals surface area contributed by atoms with Crippen LogP contribution in [0.2, 0.25) is 0 Å². The second-order valence-corrected chi connectivity index (χ2v) is 3.51. The van der Waals surface area contributed by atoms with Crippen molar-refractivity contribution in [2.24, 2.45) is 5.10 Å². The Kier molecular flexibility index (Phi) is 5.23. The van der Waals surface area contributed by atoms with Gasteiger partial charge in [-0.05, 0) is 18.1 Å². The van der Waals surface area contributed by atoms with E-state index in [2.05, 4.69) is 21.8 Å². The fraction of sp³-hybridized carbons (Fsp3) is 0.167. The van der Waals surface area contributed by atoms with Crippen molar-refractivity contribution in [2.75, 3.05) is 12.5 Å². The van der Waals surface area contributed by atoms with E-state index in [0.29, 0.717) is 6.42 Å². The number of rotatable bonds is 5. The number of benzene rings is 1. The average Bonchev–Trinajstić information content (AvgIpc) is 2.36. The molecule has 90 valence electrons. The van der Waals surface area contributed by atoms with Gasteiger partial charge in [0.05, 0.1) is 12.8 Å². The first kappa shape index (κ1) is 13.3. The maximum Gasteiger partial charge on any atom is 0.370 e. The lowest BCUT2D eigenvalue weighted by Crippen LogP contribution is -2.11. The number of halogens is 1. The minimum absolute atomic E-state index is 0.249. The fourth-order valence-corrected chi connectivity index (χ4v) is 1.32. The maximum absolute atomic E-state index is 11.0. The summed E-state index contributed by atoms with van der Waals surface area (Å²) in [6.45, 7) is 3.67. The number of hydrogen-bond donors (Lipinski definition) is 1. The van der Waals surface area contributed by atoms with Crippen LogP contribution in [0.15, 0.2) is 42.0 Å². The van der Waals surface area contributed by atoms with Crippen LogP contribution >= 0.6 is 11.6 Å². The second kappa shape index (κ2) is 6.70. The zero-order valence-corrected chi connectivity index (χ0v) is 10.2. The van der Waals surface area contributed by atoms with E-state index >= 15 is 0 Å². The summed E-state index contributed by atoms with van der Waals surface area (Å²) in [7, 11) is 1.24. The van der Waals surface area contributed by atoms with Gasteiger partial charge in [0.2, 0.25) is 5.17 Å². The molecule has 0 atom stereocenters. The third kappa shape index (κ3) is 3.92. The van der Waals surface area contributed by atoms with Gasteiger partial charge in [-0.15, -0.1) is 6.58 Å². The summed E-state index contributed by atoms with van der Waals surface area (Å²) in [6, 6.07) is 7.54. The van der Waals surface area contributed by atoms with Crippen LogP contribution in [-0.4, -0.2) is 18.2 Å². The Morgan fingerprint density at radius 1 is 1.59 bits per heavy atom. The van der Waals surface area contributed by atoms with Crippen LogP contribution in [0.1, 0.15) is 5.56 Å². The largest absolute Gasteiger partial charge is 0.464 e. The number of nitrogens with one attached hydrogen (secondary N) is 1. The predicted octanol–water partition coefficient (Wildman–Crippen LogP) is 2.55. The molecular formula is C12H13ClN2O2. The molecule has 0 saturated carbocycles. The second-order valence-electron chi connectivity index (χ2n) is 3.16. The molecule has 0 saturated heterocycles. The molecule has 0 fully saturated rings. The van der Waals surface area contributed by atoms with Crippen LogP contribution < -0.4 is 5.43 Å². The van der Waals surface area contributed by atoms with Gasteiger partial charge < -0.3 is 4.74 Å². The molecule has 4 nitrogen and oxygen atoms in total. The Morgan fingerprint density at radius 2 is 2.29 bits per heavy atom. The summed E-state index contributed by atoms with van der Waals surface area (Å²) in [5.41, 5.74) is 4.51. The maximum atomic E-state index is 11.0. The van der Waals surface area contributed by atoms with E-state index in [4.69, 9.17) is 11.6 Å². The molecule has 1 aromatic carbocycles. The fourth-order valence-electron chi connectivity index (χ4n) is 1.20. The Bertz CT molecular complexity index is 444. The molecule has 0 amide bonds. The van der Waals surface area contributed by atoms with Crippen molar-refractivity contribution in [1.29, 1.82) is 0 Å². The molecule has 0 unspecified atom stereocenters. The van der Waals surface area contributed by atoms with Crippen molar-refractivity contribution in [3.63, 3.8) is 0 Å². The number of methoxy groups -OCH3 is 1. The van der Waals surface area contributed by atoms with Gasteiger partial charge in [-0.25, -0.2) is 4.79 Å². The first-order valence-corrected chi connectivity index (χ1v) is 5.33. The molecule has 0 aromatic heterocycles. The summed E-state index contributed by atoms with van der Waals surface area (Å²) >= 11 is 5.60. The number of ether oxygens (including phenoxy) is 1. The third-order valence-corrected chi connectivity index (χ3v) is 2.25. The smallest absolute Gasteiger partial charge is 0.370 e. The number of hydrazone groups is 1. The van der Waals surface area contributed by atoms with E-state index in [1.165, 1.54) is 7.11 Å². The zero-order chi connectivity index (χ0) is 12.7. The quantitative estimate of drug-likeness (QED) is 0.379. The number of carbonyl (C=O) groups is 1. The lowest BCUT2D eigenvalue weighted by atomic mass is 10.1. The van der Waals surface area contributed by atoms with Gasteiger partial charge in [-0.3, -0.25) is 5.43 Å². The minimum atomic E-state index is -0.680. The number of nitrogens with zero attached hydrogens (tertiary/aromatic N) is 1. The Labute approximate surface area is 105 Å². The lowest BCUT2D eigenvalue weighted by molar-refractivity contribution is -0.132. The van der Waals surface area contributed by atoms with Crippen molar-refractivity contribution in [3.05, 3.63) is 42.5 Å². The Balaban J connectivity index is 2.81. The normalized spacial score (nSPS) is 10.8.